The lowest BCUT2D eigenvalue weighted by Gasteiger charge is -2.15. The first kappa shape index (κ1) is 7.46. The highest BCUT2D eigenvalue weighted by atomic mass is 16.4. The second kappa shape index (κ2) is 2.53. The number of hydrogen-bond donors (Lipinski definition) is 3. The second-order valence-corrected chi connectivity index (χ2v) is 2.26. The number of hydrogen-bond acceptors (Lipinski definition) is 5. The number of carboxylic acid groups (broad SMARTS) is 1. The van der Waals surface area contributed by atoms with Gasteiger partial charge < -0.3 is 25.4 Å². The Morgan fingerprint density at radius 2 is 2.20 bits per heavy atom. The van der Waals surface area contributed by atoms with Crippen molar-refractivity contribution in [2.75, 3.05) is 6.54 Å². The van der Waals surface area contributed by atoms with E-state index in [-0.39, 0.29) is 6.54 Å². The monoisotopic (exact) mass is 146 g/mol. The molecule has 1 aliphatic heterocycles. The number of aliphatic hydroxyl groups is 2. The Hall–Kier alpha value is -0.650. The number of β-amino-alcohol motifs (C(OH)–C–C–N with tert-alkyl or cyclic N) is 1. The first-order valence-corrected chi connectivity index (χ1v) is 2.93. The van der Waals surface area contributed by atoms with E-state index in [4.69, 9.17) is 10.2 Å². The van der Waals surface area contributed by atoms with Crippen molar-refractivity contribution in [1.29, 1.82) is 0 Å². The standard InChI is InChI=1S/C5H9NO4/c7-2-1-6-3(4(2)8)5(9)10/h2-4,6-8H,1H2,(H,9,10)/p-1/t2-,3-,4-/m0/s1. The lowest BCUT2D eigenvalue weighted by Crippen LogP contribution is -2.48. The van der Waals surface area contributed by atoms with Crippen molar-refractivity contribution >= 4 is 5.97 Å². The fraction of sp³-hybridized carbons (Fsp3) is 0.800. The average molecular weight is 146 g/mol. The largest absolute Gasteiger partial charge is 0.548 e. The quantitative estimate of drug-likeness (QED) is 0.356. The molecule has 0 saturated carbocycles. The van der Waals surface area contributed by atoms with Gasteiger partial charge in [-0.3, -0.25) is 0 Å². The number of aliphatic hydroxyl groups excluding tert-OH is 2. The Morgan fingerprint density at radius 1 is 1.60 bits per heavy atom. The van der Waals surface area contributed by atoms with Crippen molar-refractivity contribution in [2.45, 2.75) is 18.2 Å². The summed E-state index contributed by atoms with van der Waals surface area (Å²) in [5.74, 6) is -1.39. The summed E-state index contributed by atoms with van der Waals surface area (Å²) in [4.78, 5) is 10.1. The van der Waals surface area contributed by atoms with Gasteiger partial charge in [0, 0.05) is 6.54 Å². The summed E-state index contributed by atoms with van der Waals surface area (Å²) in [6, 6.07) is -1.13. The smallest absolute Gasteiger partial charge is 0.102 e. The van der Waals surface area contributed by atoms with E-state index < -0.39 is 24.2 Å². The molecular weight excluding hydrogens is 138 g/mol. The fourth-order valence-electron chi connectivity index (χ4n) is 0.934. The molecule has 1 fully saturated rings. The maximum Gasteiger partial charge on any atom is 0.102 e. The van der Waals surface area contributed by atoms with Crippen LogP contribution in [-0.2, 0) is 4.79 Å². The van der Waals surface area contributed by atoms with Crippen molar-refractivity contribution in [1.82, 2.24) is 5.32 Å². The zero-order valence-electron chi connectivity index (χ0n) is 5.15. The van der Waals surface area contributed by atoms with E-state index in [9.17, 15) is 9.90 Å². The maximum absolute atomic E-state index is 10.1. The van der Waals surface area contributed by atoms with Gasteiger partial charge in [-0.2, -0.15) is 0 Å². The van der Waals surface area contributed by atoms with E-state index in [1.807, 2.05) is 0 Å². The molecule has 0 aromatic heterocycles. The van der Waals surface area contributed by atoms with Crippen molar-refractivity contribution in [3.63, 3.8) is 0 Å². The van der Waals surface area contributed by atoms with Gasteiger partial charge in [0.2, 0.25) is 0 Å². The Labute approximate surface area is 57.3 Å². The molecule has 1 rings (SSSR count). The molecule has 58 valence electrons. The van der Waals surface area contributed by atoms with Gasteiger partial charge >= 0.3 is 0 Å². The molecule has 3 N–H and O–H groups in total. The number of nitrogens with one attached hydrogen (secondary N) is 1. The molecule has 5 nitrogen and oxygen atoms in total. The minimum atomic E-state index is -1.39. The van der Waals surface area contributed by atoms with Gasteiger partial charge in [0.15, 0.2) is 0 Å². The van der Waals surface area contributed by atoms with Crippen LogP contribution in [0.2, 0.25) is 0 Å². The van der Waals surface area contributed by atoms with Gasteiger partial charge in [0.25, 0.3) is 0 Å². The molecule has 0 aliphatic carbocycles. The molecule has 5 heteroatoms. The Kier molecular flexibility index (Phi) is 1.89. The third-order valence-electron chi connectivity index (χ3n) is 1.54. The molecule has 0 aromatic rings. The van der Waals surface area contributed by atoms with Crippen LogP contribution < -0.4 is 10.4 Å². The van der Waals surface area contributed by atoms with Crippen LogP contribution in [0.25, 0.3) is 0 Å². The van der Waals surface area contributed by atoms with E-state index in [0.29, 0.717) is 0 Å². The van der Waals surface area contributed by atoms with E-state index in [0.717, 1.165) is 0 Å². The predicted molar refractivity (Wildman–Crippen MR) is 28.8 cm³/mol. The number of carbonyl (C=O) groups is 1. The minimum absolute atomic E-state index is 0.0970. The number of carboxylic acids is 1. The molecular formula is C5H8NO4-. The summed E-state index contributed by atoms with van der Waals surface area (Å²) < 4.78 is 0. The number of aliphatic carboxylic acids is 1. The van der Waals surface area contributed by atoms with Gasteiger partial charge in [-0.15, -0.1) is 0 Å². The van der Waals surface area contributed by atoms with Crippen LogP contribution >= 0.6 is 0 Å². The lowest BCUT2D eigenvalue weighted by atomic mass is 10.1. The van der Waals surface area contributed by atoms with Crippen molar-refractivity contribution in [3.8, 4) is 0 Å². The van der Waals surface area contributed by atoms with Crippen molar-refractivity contribution in [3.05, 3.63) is 0 Å². The highest BCUT2D eigenvalue weighted by Crippen LogP contribution is 2.06. The van der Waals surface area contributed by atoms with Crippen molar-refractivity contribution < 1.29 is 20.1 Å². The summed E-state index contributed by atoms with van der Waals surface area (Å²) in [6.07, 6.45) is -2.24. The first-order valence-electron chi connectivity index (χ1n) is 2.93. The number of carbonyl (C=O) groups excluding carboxylic acids is 1. The van der Waals surface area contributed by atoms with Gasteiger partial charge in [-0.1, -0.05) is 0 Å². The van der Waals surface area contributed by atoms with Crippen LogP contribution in [0.1, 0.15) is 0 Å². The van der Waals surface area contributed by atoms with Crippen LogP contribution in [0, 0.1) is 0 Å². The highest BCUT2D eigenvalue weighted by molar-refractivity contribution is 5.72. The van der Waals surface area contributed by atoms with E-state index in [1.165, 1.54) is 0 Å². The summed E-state index contributed by atoms with van der Waals surface area (Å²) in [5.41, 5.74) is 0. The summed E-state index contributed by atoms with van der Waals surface area (Å²) in [5, 5.41) is 30.2. The summed E-state index contributed by atoms with van der Waals surface area (Å²) in [7, 11) is 0. The fourth-order valence-corrected chi connectivity index (χ4v) is 0.934. The molecule has 1 saturated heterocycles. The van der Waals surface area contributed by atoms with E-state index >= 15 is 0 Å². The van der Waals surface area contributed by atoms with Crippen LogP contribution in [0.15, 0.2) is 0 Å². The van der Waals surface area contributed by atoms with Gasteiger partial charge in [-0.25, -0.2) is 0 Å². The third-order valence-corrected chi connectivity index (χ3v) is 1.54. The maximum atomic E-state index is 10.1. The van der Waals surface area contributed by atoms with Crippen LogP contribution in [0.4, 0.5) is 0 Å². The Morgan fingerprint density at radius 3 is 2.40 bits per heavy atom. The molecule has 10 heavy (non-hydrogen) atoms. The van der Waals surface area contributed by atoms with Crippen molar-refractivity contribution in [2.24, 2.45) is 0 Å². The highest BCUT2D eigenvalue weighted by Gasteiger charge is 2.33. The van der Waals surface area contributed by atoms with Gasteiger partial charge in [0.05, 0.1) is 18.1 Å². The normalized spacial score (nSPS) is 40.0. The topological polar surface area (TPSA) is 92.6 Å². The van der Waals surface area contributed by atoms with Crippen LogP contribution in [0.3, 0.4) is 0 Å². The molecule has 0 spiro atoms. The first-order chi connectivity index (χ1) is 4.63. The molecule has 1 aliphatic rings. The summed E-state index contributed by atoms with van der Waals surface area (Å²) >= 11 is 0. The SMILES string of the molecule is O=C([O-])[C@H]1NC[C@H](O)[C@@H]1O. The van der Waals surface area contributed by atoms with Crippen LogP contribution in [0.5, 0.6) is 0 Å². The Balaban J connectivity index is 2.57. The predicted octanol–water partition coefficient (Wildman–Crippen LogP) is -3.57. The lowest BCUT2D eigenvalue weighted by molar-refractivity contribution is -0.310. The Bertz CT molecular complexity index is 149. The molecule has 0 aromatic carbocycles. The van der Waals surface area contributed by atoms with E-state index in [2.05, 4.69) is 5.32 Å². The van der Waals surface area contributed by atoms with E-state index in [1.54, 1.807) is 0 Å². The molecule has 0 unspecified atom stereocenters. The molecule has 0 radical (unpaired) electrons. The molecule has 3 atom stereocenters. The van der Waals surface area contributed by atoms with Gasteiger partial charge in [0.1, 0.15) is 6.10 Å². The van der Waals surface area contributed by atoms with Crippen LogP contribution in [-0.4, -0.2) is 41.0 Å². The zero-order valence-corrected chi connectivity index (χ0v) is 5.15. The second-order valence-electron chi connectivity index (χ2n) is 2.26. The number of rotatable bonds is 1. The van der Waals surface area contributed by atoms with Gasteiger partial charge in [-0.05, 0) is 0 Å². The zero-order chi connectivity index (χ0) is 7.72. The minimum Gasteiger partial charge on any atom is -0.548 e. The summed E-state index contributed by atoms with van der Waals surface area (Å²) in [6.45, 7) is 0.0970. The molecule has 0 amide bonds. The molecule has 1 heterocycles. The third kappa shape index (κ3) is 1.11. The molecule has 0 bridgehead atoms. The average Bonchev–Trinajstić information content (AvgIpc) is 2.14.